The number of halogens is 1. The van der Waals surface area contributed by atoms with Crippen molar-refractivity contribution < 1.29 is 4.79 Å². The summed E-state index contributed by atoms with van der Waals surface area (Å²) in [5.41, 5.74) is 2.79. The van der Waals surface area contributed by atoms with E-state index in [2.05, 4.69) is 46.8 Å². The van der Waals surface area contributed by atoms with Gasteiger partial charge in [0.1, 0.15) is 12.2 Å². The zero-order chi connectivity index (χ0) is 14.4. The molecule has 9 heteroatoms. The summed E-state index contributed by atoms with van der Waals surface area (Å²) >= 11 is 3.27. The minimum absolute atomic E-state index is 0.232. The van der Waals surface area contributed by atoms with Crippen molar-refractivity contribution in [2.45, 2.75) is 12.8 Å². The van der Waals surface area contributed by atoms with Gasteiger partial charge in [0.05, 0.1) is 5.56 Å². The number of H-pyrrole nitrogens is 1. The Hall–Kier alpha value is -2.00. The summed E-state index contributed by atoms with van der Waals surface area (Å²) in [4.78, 5) is 20.1. The lowest BCUT2D eigenvalue weighted by Crippen LogP contribution is -2.27. The van der Waals surface area contributed by atoms with Gasteiger partial charge in [0.2, 0.25) is 0 Å². The summed E-state index contributed by atoms with van der Waals surface area (Å²) in [6.45, 7) is 0.524. The zero-order valence-electron chi connectivity index (χ0n) is 10.6. The Morgan fingerprint density at radius 1 is 1.45 bits per heavy atom. The molecule has 0 aromatic carbocycles. The van der Waals surface area contributed by atoms with Crippen LogP contribution in [0.25, 0.3) is 0 Å². The van der Waals surface area contributed by atoms with Gasteiger partial charge in [-0.1, -0.05) is 0 Å². The van der Waals surface area contributed by atoms with E-state index >= 15 is 0 Å². The molecule has 8 nitrogen and oxygen atoms in total. The Morgan fingerprint density at radius 3 is 3.00 bits per heavy atom. The molecule has 20 heavy (non-hydrogen) atoms. The molecule has 0 aliphatic heterocycles. The number of amides is 1. The van der Waals surface area contributed by atoms with Crippen molar-refractivity contribution in [1.82, 2.24) is 25.5 Å². The second-order valence-electron chi connectivity index (χ2n) is 3.99. The number of nitrogens with zero attached hydrogens (tertiary/aromatic N) is 3. The predicted octanol–water partition coefficient (Wildman–Crippen LogP) is 0.610. The van der Waals surface area contributed by atoms with Crippen LogP contribution in [0.1, 0.15) is 22.6 Å². The summed E-state index contributed by atoms with van der Waals surface area (Å²) in [5.74, 6) is 6.23. The normalized spacial score (nSPS) is 10.3. The third kappa shape index (κ3) is 3.75. The first kappa shape index (κ1) is 14.4. The van der Waals surface area contributed by atoms with Crippen LogP contribution in [0.5, 0.6) is 0 Å². The lowest BCUT2D eigenvalue weighted by atomic mass is 10.2. The highest BCUT2D eigenvalue weighted by atomic mass is 79.9. The number of nitrogens with one attached hydrogen (secondary N) is 3. The van der Waals surface area contributed by atoms with Gasteiger partial charge in [-0.2, -0.15) is 5.10 Å². The largest absolute Gasteiger partial charge is 0.352 e. The van der Waals surface area contributed by atoms with E-state index in [1.54, 1.807) is 12.3 Å². The molecule has 2 rings (SSSR count). The van der Waals surface area contributed by atoms with Crippen LogP contribution in [0.4, 0.5) is 5.82 Å². The van der Waals surface area contributed by atoms with Crippen molar-refractivity contribution in [2.24, 2.45) is 5.84 Å². The number of carbonyl (C=O) groups is 1. The standard InChI is InChI=1S/C11H14BrN7O/c12-7-4-8(10(18-13)15-5-7)11(20)14-3-1-2-9-16-6-17-19-9/h4-6H,1-3,13H2,(H,14,20)(H,15,18)(H,16,17,19). The molecular formula is C11H14BrN7O. The van der Waals surface area contributed by atoms with Gasteiger partial charge in [0.25, 0.3) is 5.91 Å². The Balaban J connectivity index is 1.87. The molecular weight excluding hydrogens is 326 g/mol. The van der Waals surface area contributed by atoms with Crippen LogP contribution in [-0.4, -0.2) is 32.6 Å². The molecule has 0 saturated heterocycles. The molecule has 0 atom stereocenters. The number of hydrazine groups is 1. The average Bonchev–Trinajstić information content (AvgIpc) is 2.96. The number of hydrogen-bond donors (Lipinski definition) is 4. The van der Waals surface area contributed by atoms with Gasteiger partial charge in [-0.25, -0.2) is 15.8 Å². The van der Waals surface area contributed by atoms with Gasteiger partial charge in [-0.3, -0.25) is 9.89 Å². The van der Waals surface area contributed by atoms with Crippen molar-refractivity contribution in [2.75, 3.05) is 12.0 Å². The molecule has 106 valence electrons. The maximum Gasteiger partial charge on any atom is 0.255 e. The van der Waals surface area contributed by atoms with Crippen LogP contribution >= 0.6 is 15.9 Å². The average molecular weight is 340 g/mol. The van der Waals surface area contributed by atoms with Gasteiger partial charge >= 0.3 is 0 Å². The minimum atomic E-state index is -0.232. The smallest absolute Gasteiger partial charge is 0.255 e. The van der Waals surface area contributed by atoms with Crippen LogP contribution in [0.3, 0.4) is 0 Å². The van der Waals surface area contributed by atoms with Gasteiger partial charge in [0, 0.05) is 23.6 Å². The van der Waals surface area contributed by atoms with Gasteiger partial charge in [0.15, 0.2) is 5.82 Å². The van der Waals surface area contributed by atoms with E-state index in [1.807, 2.05) is 0 Å². The van der Waals surface area contributed by atoms with E-state index in [0.29, 0.717) is 22.4 Å². The predicted molar refractivity (Wildman–Crippen MR) is 76.8 cm³/mol. The first-order valence-corrected chi connectivity index (χ1v) is 6.74. The van der Waals surface area contributed by atoms with Crippen molar-refractivity contribution in [3.63, 3.8) is 0 Å². The van der Waals surface area contributed by atoms with Crippen LogP contribution in [0.15, 0.2) is 23.1 Å². The number of aromatic amines is 1. The molecule has 0 bridgehead atoms. The number of hydrogen-bond acceptors (Lipinski definition) is 6. The van der Waals surface area contributed by atoms with E-state index in [0.717, 1.165) is 18.7 Å². The second kappa shape index (κ2) is 6.96. The van der Waals surface area contributed by atoms with Crippen molar-refractivity contribution in [1.29, 1.82) is 0 Å². The van der Waals surface area contributed by atoms with Crippen LogP contribution in [-0.2, 0) is 6.42 Å². The Labute approximate surface area is 123 Å². The van der Waals surface area contributed by atoms with Gasteiger partial charge in [-0.05, 0) is 28.4 Å². The highest BCUT2D eigenvalue weighted by Crippen LogP contribution is 2.17. The Bertz CT molecular complexity index is 572. The highest BCUT2D eigenvalue weighted by Gasteiger charge is 2.12. The number of anilines is 1. The molecule has 2 aromatic heterocycles. The summed E-state index contributed by atoms with van der Waals surface area (Å²) in [6.07, 6.45) is 4.50. The fourth-order valence-electron chi connectivity index (χ4n) is 1.63. The molecule has 0 unspecified atom stereocenters. The lowest BCUT2D eigenvalue weighted by Gasteiger charge is -2.09. The summed E-state index contributed by atoms with van der Waals surface area (Å²) in [6, 6.07) is 1.66. The fourth-order valence-corrected chi connectivity index (χ4v) is 1.96. The maximum absolute atomic E-state index is 12.0. The number of aryl methyl sites for hydroxylation is 1. The molecule has 0 fully saturated rings. The lowest BCUT2D eigenvalue weighted by molar-refractivity contribution is 0.0953. The summed E-state index contributed by atoms with van der Waals surface area (Å²) in [7, 11) is 0. The quantitative estimate of drug-likeness (QED) is 0.347. The Morgan fingerprint density at radius 2 is 2.30 bits per heavy atom. The van der Waals surface area contributed by atoms with Crippen molar-refractivity contribution >= 4 is 27.7 Å². The molecule has 2 aromatic rings. The topological polar surface area (TPSA) is 122 Å². The molecule has 0 aliphatic rings. The van der Waals surface area contributed by atoms with Crippen molar-refractivity contribution in [3.8, 4) is 0 Å². The monoisotopic (exact) mass is 339 g/mol. The van der Waals surface area contributed by atoms with E-state index in [1.165, 1.54) is 6.33 Å². The summed E-state index contributed by atoms with van der Waals surface area (Å²) in [5, 5.41) is 9.33. The zero-order valence-corrected chi connectivity index (χ0v) is 12.1. The maximum atomic E-state index is 12.0. The first-order chi connectivity index (χ1) is 9.70. The molecule has 0 aliphatic carbocycles. The van der Waals surface area contributed by atoms with Gasteiger partial charge < -0.3 is 10.7 Å². The number of aromatic nitrogens is 4. The number of rotatable bonds is 6. The number of nitrogen functional groups attached to an aromatic ring is 1. The van der Waals surface area contributed by atoms with Crippen LogP contribution in [0, 0.1) is 0 Å². The Kier molecular flexibility index (Phi) is 5.02. The van der Waals surface area contributed by atoms with E-state index < -0.39 is 0 Å². The molecule has 2 heterocycles. The molecule has 0 radical (unpaired) electrons. The third-order valence-electron chi connectivity index (χ3n) is 2.58. The van der Waals surface area contributed by atoms with Gasteiger partial charge in [-0.15, -0.1) is 0 Å². The highest BCUT2D eigenvalue weighted by molar-refractivity contribution is 9.10. The molecule has 5 N–H and O–H groups in total. The van der Waals surface area contributed by atoms with Crippen molar-refractivity contribution in [3.05, 3.63) is 34.5 Å². The minimum Gasteiger partial charge on any atom is -0.352 e. The van der Waals surface area contributed by atoms with E-state index in [-0.39, 0.29) is 5.91 Å². The number of pyridine rings is 1. The molecule has 0 spiro atoms. The third-order valence-corrected chi connectivity index (χ3v) is 3.01. The molecule has 1 amide bonds. The fraction of sp³-hybridized carbons (Fsp3) is 0.273. The SMILES string of the molecule is NNc1ncc(Br)cc1C(=O)NCCCc1ncn[nH]1. The van der Waals surface area contributed by atoms with Crippen LogP contribution in [0.2, 0.25) is 0 Å². The first-order valence-electron chi connectivity index (χ1n) is 5.95. The van der Waals surface area contributed by atoms with E-state index in [4.69, 9.17) is 5.84 Å². The van der Waals surface area contributed by atoms with Crippen LogP contribution < -0.4 is 16.6 Å². The molecule has 0 saturated carbocycles. The number of nitrogens with two attached hydrogens (primary N) is 1. The van der Waals surface area contributed by atoms with E-state index in [9.17, 15) is 4.79 Å². The second-order valence-corrected chi connectivity index (χ2v) is 4.90. The number of carbonyl (C=O) groups excluding carboxylic acids is 1. The summed E-state index contributed by atoms with van der Waals surface area (Å²) < 4.78 is 0.711.